The number of rotatable bonds is 2. The molecule has 0 saturated carbocycles. The molecule has 2 heteroatoms. The zero-order valence-corrected chi connectivity index (χ0v) is 9.13. The molecule has 0 amide bonds. The number of carbonyl (C=O) groups excluding carboxylic acids is 1. The Morgan fingerprint density at radius 1 is 1.21 bits per heavy atom. The highest BCUT2D eigenvalue weighted by atomic mass is 16.5. The SMILES string of the molecule is COc1cc(C=O)cc(C(C)(C)C)c1. The Labute approximate surface area is 84.9 Å². The van der Waals surface area contributed by atoms with Gasteiger partial charge in [-0.15, -0.1) is 0 Å². The molecule has 0 aromatic heterocycles. The minimum Gasteiger partial charge on any atom is -0.497 e. The van der Waals surface area contributed by atoms with Crippen LogP contribution in [0.1, 0.15) is 36.7 Å². The Morgan fingerprint density at radius 3 is 2.29 bits per heavy atom. The van der Waals surface area contributed by atoms with Gasteiger partial charge in [0.25, 0.3) is 0 Å². The molecule has 0 radical (unpaired) electrons. The maximum Gasteiger partial charge on any atom is 0.150 e. The highest BCUT2D eigenvalue weighted by Crippen LogP contribution is 2.26. The summed E-state index contributed by atoms with van der Waals surface area (Å²) in [5.41, 5.74) is 1.81. The molecule has 0 aliphatic carbocycles. The molecule has 0 aliphatic rings. The fourth-order valence-corrected chi connectivity index (χ4v) is 1.24. The maximum atomic E-state index is 10.7. The second-order valence-electron chi connectivity index (χ2n) is 4.36. The van der Waals surface area contributed by atoms with Gasteiger partial charge in [-0.25, -0.2) is 0 Å². The zero-order chi connectivity index (χ0) is 10.8. The van der Waals surface area contributed by atoms with E-state index in [1.165, 1.54) is 0 Å². The lowest BCUT2D eigenvalue weighted by atomic mass is 9.86. The van der Waals surface area contributed by atoms with Crippen LogP contribution in [-0.2, 0) is 5.41 Å². The standard InChI is InChI=1S/C12H16O2/c1-12(2,3)10-5-9(8-13)6-11(7-10)14-4/h5-8H,1-4H3. The fraction of sp³-hybridized carbons (Fsp3) is 0.417. The van der Waals surface area contributed by atoms with E-state index in [9.17, 15) is 4.79 Å². The summed E-state index contributed by atoms with van der Waals surface area (Å²) in [6.07, 6.45) is 0.845. The molecule has 0 N–H and O–H groups in total. The third kappa shape index (κ3) is 2.34. The van der Waals surface area contributed by atoms with Crippen LogP contribution < -0.4 is 4.74 Å². The van der Waals surface area contributed by atoms with Gasteiger partial charge in [-0.05, 0) is 29.2 Å². The van der Waals surface area contributed by atoms with Crippen molar-refractivity contribution in [3.8, 4) is 5.75 Å². The third-order valence-electron chi connectivity index (χ3n) is 2.17. The van der Waals surface area contributed by atoms with Crippen molar-refractivity contribution in [2.45, 2.75) is 26.2 Å². The van der Waals surface area contributed by atoms with Gasteiger partial charge in [0.05, 0.1) is 7.11 Å². The van der Waals surface area contributed by atoms with E-state index in [4.69, 9.17) is 4.74 Å². The molecule has 0 unspecified atom stereocenters. The van der Waals surface area contributed by atoms with Crippen molar-refractivity contribution in [2.75, 3.05) is 7.11 Å². The molecule has 1 rings (SSSR count). The van der Waals surface area contributed by atoms with E-state index in [1.54, 1.807) is 13.2 Å². The first-order valence-corrected chi connectivity index (χ1v) is 4.62. The summed E-state index contributed by atoms with van der Waals surface area (Å²) in [7, 11) is 1.61. The van der Waals surface area contributed by atoms with E-state index in [0.29, 0.717) is 5.56 Å². The molecule has 0 heterocycles. The monoisotopic (exact) mass is 192 g/mol. The number of aldehydes is 1. The number of ether oxygens (including phenoxy) is 1. The average molecular weight is 192 g/mol. The lowest BCUT2D eigenvalue weighted by molar-refractivity contribution is 0.112. The average Bonchev–Trinajstić information content (AvgIpc) is 2.15. The second-order valence-corrected chi connectivity index (χ2v) is 4.36. The Kier molecular flexibility index (Phi) is 2.94. The minimum absolute atomic E-state index is 0.0340. The first-order valence-electron chi connectivity index (χ1n) is 4.62. The lowest BCUT2D eigenvalue weighted by Gasteiger charge is -2.20. The van der Waals surface area contributed by atoms with Crippen LogP contribution in [0, 0.1) is 0 Å². The molecule has 1 aromatic rings. The summed E-state index contributed by atoms with van der Waals surface area (Å²) in [5.74, 6) is 0.736. The quantitative estimate of drug-likeness (QED) is 0.673. The number of methoxy groups -OCH3 is 1. The molecular weight excluding hydrogens is 176 g/mol. The largest absolute Gasteiger partial charge is 0.497 e. The van der Waals surface area contributed by atoms with Gasteiger partial charge in [0, 0.05) is 5.56 Å². The second kappa shape index (κ2) is 3.82. The summed E-state index contributed by atoms with van der Waals surface area (Å²) in [6, 6.07) is 5.60. The van der Waals surface area contributed by atoms with Crippen LogP contribution in [0.2, 0.25) is 0 Å². The predicted octanol–water partition coefficient (Wildman–Crippen LogP) is 2.81. The van der Waals surface area contributed by atoms with E-state index < -0.39 is 0 Å². The van der Waals surface area contributed by atoms with Gasteiger partial charge in [0.1, 0.15) is 12.0 Å². The van der Waals surface area contributed by atoms with Gasteiger partial charge in [-0.1, -0.05) is 20.8 Å². The van der Waals surface area contributed by atoms with Crippen LogP contribution in [0.25, 0.3) is 0 Å². The molecule has 1 aromatic carbocycles. The van der Waals surface area contributed by atoms with Crippen LogP contribution in [-0.4, -0.2) is 13.4 Å². The van der Waals surface area contributed by atoms with Gasteiger partial charge in [0.2, 0.25) is 0 Å². The van der Waals surface area contributed by atoms with E-state index in [-0.39, 0.29) is 5.41 Å². The van der Waals surface area contributed by atoms with Crippen LogP contribution in [0.15, 0.2) is 18.2 Å². The van der Waals surface area contributed by atoms with Crippen molar-refractivity contribution in [1.29, 1.82) is 0 Å². The van der Waals surface area contributed by atoms with Crippen molar-refractivity contribution < 1.29 is 9.53 Å². The van der Waals surface area contributed by atoms with Crippen molar-refractivity contribution in [3.63, 3.8) is 0 Å². The van der Waals surface area contributed by atoms with Gasteiger partial charge >= 0.3 is 0 Å². The van der Waals surface area contributed by atoms with Gasteiger partial charge in [-0.2, -0.15) is 0 Å². The lowest BCUT2D eigenvalue weighted by Crippen LogP contribution is -2.11. The van der Waals surface area contributed by atoms with Gasteiger partial charge in [-0.3, -0.25) is 4.79 Å². The summed E-state index contributed by atoms with van der Waals surface area (Å²) in [4.78, 5) is 10.7. The third-order valence-corrected chi connectivity index (χ3v) is 2.17. The van der Waals surface area contributed by atoms with Gasteiger partial charge in [0.15, 0.2) is 0 Å². The van der Waals surface area contributed by atoms with Gasteiger partial charge < -0.3 is 4.74 Å². The molecule has 0 spiro atoms. The number of hydrogen-bond acceptors (Lipinski definition) is 2. The highest BCUT2D eigenvalue weighted by Gasteiger charge is 2.15. The van der Waals surface area contributed by atoms with Crippen molar-refractivity contribution in [2.24, 2.45) is 0 Å². The zero-order valence-electron chi connectivity index (χ0n) is 9.13. The summed E-state index contributed by atoms with van der Waals surface area (Å²) < 4.78 is 5.13. The molecule has 0 atom stereocenters. The maximum absolute atomic E-state index is 10.7. The van der Waals surface area contributed by atoms with Crippen LogP contribution >= 0.6 is 0 Å². The Balaban J connectivity index is 3.24. The number of benzene rings is 1. The Morgan fingerprint density at radius 2 is 1.86 bits per heavy atom. The smallest absolute Gasteiger partial charge is 0.150 e. The molecule has 0 saturated heterocycles. The summed E-state index contributed by atoms with van der Waals surface area (Å²) in [5, 5.41) is 0. The molecule has 0 fully saturated rings. The topological polar surface area (TPSA) is 26.3 Å². The van der Waals surface area contributed by atoms with Crippen molar-refractivity contribution >= 4 is 6.29 Å². The molecule has 14 heavy (non-hydrogen) atoms. The molecule has 2 nitrogen and oxygen atoms in total. The normalized spacial score (nSPS) is 11.1. The fourth-order valence-electron chi connectivity index (χ4n) is 1.24. The van der Waals surface area contributed by atoms with Crippen LogP contribution in [0.5, 0.6) is 5.75 Å². The van der Waals surface area contributed by atoms with E-state index >= 15 is 0 Å². The number of carbonyl (C=O) groups is 1. The Hall–Kier alpha value is -1.31. The van der Waals surface area contributed by atoms with Crippen LogP contribution in [0.3, 0.4) is 0 Å². The minimum atomic E-state index is 0.0340. The molecular formula is C12H16O2. The summed E-state index contributed by atoms with van der Waals surface area (Å²) >= 11 is 0. The van der Waals surface area contributed by atoms with E-state index in [1.807, 2.05) is 12.1 Å². The molecule has 0 aliphatic heterocycles. The first kappa shape index (κ1) is 10.8. The predicted molar refractivity (Wildman–Crippen MR) is 57.1 cm³/mol. The van der Waals surface area contributed by atoms with Crippen LogP contribution in [0.4, 0.5) is 0 Å². The summed E-state index contributed by atoms with van der Waals surface area (Å²) in [6.45, 7) is 6.32. The number of hydrogen-bond donors (Lipinski definition) is 0. The first-order chi connectivity index (χ1) is 6.47. The van der Waals surface area contributed by atoms with E-state index in [0.717, 1.165) is 17.6 Å². The van der Waals surface area contributed by atoms with Crippen molar-refractivity contribution in [3.05, 3.63) is 29.3 Å². The highest BCUT2D eigenvalue weighted by molar-refractivity contribution is 5.76. The Bertz CT molecular complexity index is 335. The van der Waals surface area contributed by atoms with Crippen molar-refractivity contribution in [1.82, 2.24) is 0 Å². The molecule has 76 valence electrons. The molecule has 0 bridgehead atoms. The van der Waals surface area contributed by atoms with E-state index in [2.05, 4.69) is 20.8 Å².